The average Bonchev–Trinajstić information content (AvgIpc) is 2.68. The second-order valence-corrected chi connectivity index (χ2v) is 6.98. The van der Waals surface area contributed by atoms with Crippen LogP contribution in [0, 0.1) is 6.92 Å². The monoisotopic (exact) mass is 390 g/mol. The van der Waals surface area contributed by atoms with E-state index in [0.29, 0.717) is 29.6 Å². The van der Waals surface area contributed by atoms with E-state index in [0.717, 1.165) is 28.7 Å². The van der Waals surface area contributed by atoms with Gasteiger partial charge in [0.2, 0.25) is 0 Å². The maximum atomic E-state index is 11.3. The third-order valence-corrected chi connectivity index (χ3v) is 5.48. The van der Waals surface area contributed by atoms with E-state index in [4.69, 9.17) is 18.9 Å². The summed E-state index contributed by atoms with van der Waals surface area (Å²) in [6.45, 7) is 3.58. The molecule has 0 aromatic heterocycles. The van der Waals surface area contributed by atoms with Crippen LogP contribution in [0.15, 0.2) is 30.3 Å². The standard InChI is InChI=1S/C20H22O6S/c1-11-16(26-12(2)21)8-6-14-19(11)25-10-15(20(14)27-22)13-5-7-17(23-3)18(9-13)24-4/h5-9,15,20,22H,10H2,1-4H3. The van der Waals surface area contributed by atoms with Gasteiger partial charge in [-0.2, -0.15) is 0 Å². The molecule has 0 amide bonds. The topological polar surface area (TPSA) is 74.2 Å². The van der Waals surface area contributed by atoms with Gasteiger partial charge in [-0.1, -0.05) is 12.1 Å². The predicted octanol–water partition coefficient (Wildman–Crippen LogP) is 4.36. The number of ether oxygens (including phenoxy) is 4. The summed E-state index contributed by atoms with van der Waals surface area (Å²) in [5.41, 5.74) is 2.58. The number of methoxy groups -OCH3 is 2. The fraction of sp³-hybridized carbons (Fsp3) is 0.350. The zero-order valence-corrected chi connectivity index (χ0v) is 16.5. The lowest BCUT2D eigenvalue weighted by Gasteiger charge is -2.33. The quantitative estimate of drug-likeness (QED) is 0.462. The number of hydrogen-bond donors (Lipinski definition) is 1. The van der Waals surface area contributed by atoms with E-state index in [1.807, 2.05) is 31.2 Å². The van der Waals surface area contributed by atoms with Gasteiger partial charge in [-0.25, -0.2) is 0 Å². The molecule has 7 heteroatoms. The molecule has 0 radical (unpaired) electrons. The molecule has 1 heterocycles. The van der Waals surface area contributed by atoms with Crippen molar-refractivity contribution >= 4 is 18.0 Å². The maximum Gasteiger partial charge on any atom is 0.308 e. The van der Waals surface area contributed by atoms with Crippen molar-refractivity contribution in [3.63, 3.8) is 0 Å². The molecule has 3 rings (SSSR count). The Hall–Kier alpha value is -2.38. The van der Waals surface area contributed by atoms with Crippen LogP contribution in [-0.2, 0) is 4.79 Å². The Kier molecular flexibility index (Phi) is 5.82. The van der Waals surface area contributed by atoms with Crippen LogP contribution in [0.1, 0.15) is 34.8 Å². The Morgan fingerprint density at radius 2 is 1.85 bits per heavy atom. The van der Waals surface area contributed by atoms with Gasteiger partial charge in [0.15, 0.2) is 11.5 Å². The SMILES string of the molecule is COc1ccc(C2COc3c(ccc(OC(C)=O)c3C)C2SO)cc1OC. The lowest BCUT2D eigenvalue weighted by Crippen LogP contribution is -2.23. The Balaban J connectivity index is 1.99. The van der Waals surface area contributed by atoms with Gasteiger partial charge in [0, 0.05) is 24.0 Å². The highest BCUT2D eigenvalue weighted by atomic mass is 32.2. The molecule has 1 aliphatic heterocycles. The van der Waals surface area contributed by atoms with Gasteiger partial charge in [-0.15, -0.1) is 0 Å². The molecule has 0 fully saturated rings. The van der Waals surface area contributed by atoms with Crippen molar-refractivity contribution in [1.82, 2.24) is 0 Å². The molecule has 2 unspecified atom stereocenters. The van der Waals surface area contributed by atoms with Crippen LogP contribution in [0.4, 0.5) is 0 Å². The Labute approximate surface area is 162 Å². The van der Waals surface area contributed by atoms with Crippen molar-refractivity contribution in [2.45, 2.75) is 25.0 Å². The van der Waals surface area contributed by atoms with E-state index in [1.165, 1.54) is 6.92 Å². The molecule has 6 nitrogen and oxygen atoms in total. The van der Waals surface area contributed by atoms with Crippen molar-refractivity contribution in [3.05, 3.63) is 47.0 Å². The molecule has 2 aromatic carbocycles. The van der Waals surface area contributed by atoms with Gasteiger partial charge >= 0.3 is 5.97 Å². The number of benzene rings is 2. The van der Waals surface area contributed by atoms with Gasteiger partial charge in [-0.05, 0) is 42.7 Å². The number of rotatable bonds is 5. The minimum atomic E-state index is -0.384. The number of esters is 1. The number of carbonyl (C=O) groups excluding carboxylic acids is 1. The van der Waals surface area contributed by atoms with E-state index in [1.54, 1.807) is 20.3 Å². The molecule has 2 aromatic rings. The Morgan fingerprint density at radius 1 is 1.15 bits per heavy atom. The van der Waals surface area contributed by atoms with Crippen LogP contribution in [0.25, 0.3) is 0 Å². The van der Waals surface area contributed by atoms with Crippen LogP contribution < -0.4 is 18.9 Å². The summed E-state index contributed by atoms with van der Waals surface area (Å²) in [4.78, 5) is 11.3. The molecule has 0 spiro atoms. The Morgan fingerprint density at radius 3 is 2.48 bits per heavy atom. The van der Waals surface area contributed by atoms with Crippen LogP contribution in [-0.4, -0.2) is 31.3 Å². The number of fused-ring (bicyclic) bond motifs is 1. The second-order valence-electron chi connectivity index (χ2n) is 6.26. The minimum absolute atomic E-state index is 0.0775. The Bertz CT molecular complexity index is 851. The van der Waals surface area contributed by atoms with Crippen LogP contribution in [0.3, 0.4) is 0 Å². The van der Waals surface area contributed by atoms with Gasteiger partial charge in [0.05, 0.1) is 26.1 Å². The third kappa shape index (κ3) is 3.70. The average molecular weight is 390 g/mol. The fourth-order valence-electron chi connectivity index (χ4n) is 3.34. The predicted molar refractivity (Wildman–Crippen MR) is 103 cm³/mol. The van der Waals surface area contributed by atoms with Crippen molar-refractivity contribution < 1.29 is 28.3 Å². The summed E-state index contributed by atoms with van der Waals surface area (Å²) >= 11 is 0.783. The van der Waals surface area contributed by atoms with Crippen LogP contribution in [0.5, 0.6) is 23.0 Å². The van der Waals surface area contributed by atoms with Crippen LogP contribution >= 0.6 is 12.0 Å². The normalized spacial score (nSPS) is 18.3. The molecule has 2 atom stereocenters. The van der Waals surface area contributed by atoms with Crippen molar-refractivity contribution in [1.29, 1.82) is 0 Å². The molecule has 0 saturated carbocycles. The lowest BCUT2D eigenvalue weighted by molar-refractivity contribution is -0.131. The summed E-state index contributed by atoms with van der Waals surface area (Å²) in [6.07, 6.45) is 0. The molecule has 27 heavy (non-hydrogen) atoms. The molecule has 1 N–H and O–H groups in total. The van der Waals surface area contributed by atoms with E-state index < -0.39 is 0 Å². The van der Waals surface area contributed by atoms with E-state index >= 15 is 0 Å². The fourth-order valence-corrected chi connectivity index (χ4v) is 4.02. The van der Waals surface area contributed by atoms with Crippen molar-refractivity contribution in [2.24, 2.45) is 0 Å². The molecule has 0 saturated heterocycles. The van der Waals surface area contributed by atoms with Gasteiger partial charge < -0.3 is 23.5 Å². The first-order valence-electron chi connectivity index (χ1n) is 8.47. The van der Waals surface area contributed by atoms with E-state index in [-0.39, 0.29) is 17.1 Å². The highest BCUT2D eigenvalue weighted by Gasteiger charge is 2.35. The third-order valence-electron chi connectivity index (χ3n) is 4.67. The van der Waals surface area contributed by atoms with E-state index in [9.17, 15) is 9.35 Å². The molecular formula is C20H22O6S. The molecule has 0 bridgehead atoms. The smallest absolute Gasteiger partial charge is 0.308 e. The van der Waals surface area contributed by atoms with Crippen molar-refractivity contribution in [3.8, 4) is 23.0 Å². The maximum absolute atomic E-state index is 11.3. The number of hydrogen-bond acceptors (Lipinski definition) is 7. The first-order valence-corrected chi connectivity index (χ1v) is 9.30. The minimum Gasteiger partial charge on any atom is -0.493 e. The summed E-state index contributed by atoms with van der Waals surface area (Å²) in [5.74, 6) is 1.93. The summed E-state index contributed by atoms with van der Waals surface area (Å²) in [7, 11) is 3.18. The highest BCUT2D eigenvalue weighted by molar-refractivity contribution is 7.94. The number of carbonyl (C=O) groups is 1. The van der Waals surface area contributed by atoms with Gasteiger partial charge in [-0.3, -0.25) is 4.79 Å². The second kappa shape index (κ2) is 8.10. The summed E-state index contributed by atoms with van der Waals surface area (Å²) in [5, 5.41) is -0.225. The lowest BCUT2D eigenvalue weighted by atomic mass is 9.88. The molecular weight excluding hydrogens is 368 g/mol. The van der Waals surface area contributed by atoms with E-state index in [2.05, 4.69) is 0 Å². The van der Waals surface area contributed by atoms with Gasteiger partial charge in [0.1, 0.15) is 11.5 Å². The van der Waals surface area contributed by atoms with Gasteiger partial charge in [0.25, 0.3) is 0 Å². The van der Waals surface area contributed by atoms with Crippen LogP contribution in [0.2, 0.25) is 0 Å². The summed E-state index contributed by atoms with van der Waals surface area (Å²) in [6, 6.07) is 9.27. The molecule has 1 aliphatic rings. The van der Waals surface area contributed by atoms with Crippen molar-refractivity contribution in [2.75, 3.05) is 20.8 Å². The zero-order valence-electron chi connectivity index (χ0n) is 15.6. The molecule has 0 aliphatic carbocycles. The first-order chi connectivity index (χ1) is 13.0. The largest absolute Gasteiger partial charge is 0.493 e. The summed E-state index contributed by atoms with van der Waals surface area (Å²) < 4.78 is 32.0. The molecule has 144 valence electrons. The zero-order chi connectivity index (χ0) is 19.6. The first kappa shape index (κ1) is 19.4. The highest BCUT2D eigenvalue weighted by Crippen LogP contribution is 2.50.